The van der Waals surface area contributed by atoms with Gasteiger partial charge in [0.1, 0.15) is 0 Å². The third-order valence-electron chi connectivity index (χ3n) is 3.40. The number of carbonyl (C=O) groups is 1. The molecular formula is C18H20O2. The fraction of sp³-hybridized carbons (Fsp3) is 0.278. The second-order valence-corrected chi connectivity index (χ2v) is 5.12. The molecule has 0 radical (unpaired) electrons. The van der Waals surface area contributed by atoms with Crippen LogP contribution in [-0.2, 0) is 0 Å². The van der Waals surface area contributed by atoms with Crippen molar-refractivity contribution in [3.8, 4) is 0 Å². The number of Topliss-reactive ketones (excluding diaryl/α,β-unsaturated/α-hetero) is 1. The average molecular weight is 268 g/mol. The van der Waals surface area contributed by atoms with Gasteiger partial charge in [-0.1, -0.05) is 48.1 Å². The van der Waals surface area contributed by atoms with Gasteiger partial charge in [0.05, 0.1) is 5.76 Å². The van der Waals surface area contributed by atoms with E-state index in [1.807, 2.05) is 55.5 Å². The number of benzene rings is 1. The summed E-state index contributed by atoms with van der Waals surface area (Å²) in [4.78, 5) is 12.0. The SMILES string of the molecule is Cc1cccc(C(=O)CCCCC(O)=C2C=CC=C2)c1. The monoisotopic (exact) mass is 268 g/mol. The predicted molar refractivity (Wildman–Crippen MR) is 81.9 cm³/mol. The van der Waals surface area contributed by atoms with Crippen LogP contribution in [0.4, 0.5) is 0 Å². The van der Waals surface area contributed by atoms with Gasteiger partial charge >= 0.3 is 0 Å². The lowest BCUT2D eigenvalue weighted by Gasteiger charge is -2.04. The maximum atomic E-state index is 12.0. The van der Waals surface area contributed by atoms with E-state index in [0.717, 1.165) is 29.5 Å². The second kappa shape index (κ2) is 6.90. The predicted octanol–water partition coefficient (Wildman–Crippen LogP) is 4.68. The van der Waals surface area contributed by atoms with E-state index in [2.05, 4.69) is 0 Å². The second-order valence-electron chi connectivity index (χ2n) is 5.12. The summed E-state index contributed by atoms with van der Waals surface area (Å²) in [6.07, 6.45) is 10.4. The minimum absolute atomic E-state index is 0.182. The van der Waals surface area contributed by atoms with Gasteiger partial charge in [-0.25, -0.2) is 0 Å². The number of allylic oxidation sites excluding steroid dienone is 6. The standard InChI is InChI=1S/C18H20O2/c1-14-7-6-10-16(13-14)18(20)12-5-4-11-17(19)15-8-2-3-9-15/h2-3,6-10,13,19H,4-5,11-12H2,1H3. The van der Waals surface area contributed by atoms with Gasteiger partial charge in [-0.15, -0.1) is 0 Å². The minimum atomic E-state index is 0.182. The highest BCUT2D eigenvalue weighted by atomic mass is 16.3. The number of aryl methyl sites for hydroxylation is 1. The fourth-order valence-electron chi connectivity index (χ4n) is 2.25. The molecule has 2 heteroatoms. The van der Waals surface area contributed by atoms with Crippen LogP contribution < -0.4 is 0 Å². The van der Waals surface area contributed by atoms with Gasteiger partial charge in [0.25, 0.3) is 0 Å². The topological polar surface area (TPSA) is 37.3 Å². The molecule has 0 unspecified atom stereocenters. The van der Waals surface area contributed by atoms with Crippen molar-refractivity contribution in [1.29, 1.82) is 0 Å². The van der Waals surface area contributed by atoms with Crippen LogP contribution in [0.3, 0.4) is 0 Å². The first-order valence-electron chi connectivity index (χ1n) is 7.03. The number of hydrogen-bond donors (Lipinski definition) is 1. The van der Waals surface area contributed by atoms with E-state index in [0.29, 0.717) is 18.6 Å². The lowest BCUT2D eigenvalue weighted by atomic mass is 10.0. The molecular weight excluding hydrogens is 248 g/mol. The summed E-state index contributed by atoms with van der Waals surface area (Å²) in [6, 6.07) is 7.69. The maximum Gasteiger partial charge on any atom is 0.162 e. The molecule has 0 spiro atoms. The maximum absolute atomic E-state index is 12.0. The van der Waals surface area contributed by atoms with Crippen molar-refractivity contribution in [2.75, 3.05) is 0 Å². The molecule has 1 aliphatic carbocycles. The Balaban J connectivity index is 1.76. The Morgan fingerprint density at radius 2 is 1.80 bits per heavy atom. The van der Waals surface area contributed by atoms with Crippen molar-refractivity contribution < 1.29 is 9.90 Å². The fourth-order valence-corrected chi connectivity index (χ4v) is 2.25. The van der Waals surface area contributed by atoms with Gasteiger partial charge in [-0.2, -0.15) is 0 Å². The number of ketones is 1. The Morgan fingerprint density at radius 1 is 1.10 bits per heavy atom. The van der Waals surface area contributed by atoms with Crippen LogP contribution in [0.25, 0.3) is 0 Å². The summed E-state index contributed by atoms with van der Waals surface area (Å²) in [7, 11) is 0. The van der Waals surface area contributed by atoms with Crippen LogP contribution in [0.1, 0.15) is 41.6 Å². The number of rotatable bonds is 6. The van der Waals surface area contributed by atoms with E-state index in [-0.39, 0.29) is 5.78 Å². The van der Waals surface area contributed by atoms with Gasteiger partial charge in [0, 0.05) is 24.0 Å². The highest BCUT2D eigenvalue weighted by Crippen LogP contribution is 2.17. The first kappa shape index (κ1) is 14.3. The summed E-state index contributed by atoms with van der Waals surface area (Å²) < 4.78 is 0. The van der Waals surface area contributed by atoms with E-state index in [1.54, 1.807) is 0 Å². The molecule has 0 saturated heterocycles. The number of aliphatic hydroxyl groups excluding tert-OH is 1. The highest BCUT2D eigenvalue weighted by molar-refractivity contribution is 5.96. The summed E-state index contributed by atoms with van der Waals surface area (Å²) in [6.45, 7) is 1.99. The van der Waals surface area contributed by atoms with Gasteiger partial charge in [0.15, 0.2) is 5.78 Å². The summed E-state index contributed by atoms with van der Waals surface area (Å²) >= 11 is 0. The van der Waals surface area contributed by atoms with Crippen LogP contribution in [-0.4, -0.2) is 10.9 Å². The van der Waals surface area contributed by atoms with E-state index < -0.39 is 0 Å². The normalized spacial score (nSPS) is 12.9. The molecule has 2 nitrogen and oxygen atoms in total. The van der Waals surface area contributed by atoms with Crippen molar-refractivity contribution in [2.24, 2.45) is 0 Å². The number of hydrogen-bond acceptors (Lipinski definition) is 2. The van der Waals surface area contributed by atoms with Gasteiger partial charge in [-0.3, -0.25) is 4.79 Å². The molecule has 1 N–H and O–H groups in total. The summed E-state index contributed by atoms with van der Waals surface area (Å²) in [5, 5.41) is 9.86. The molecule has 0 fully saturated rings. The quantitative estimate of drug-likeness (QED) is 0.462. The van der Waals surface area contributed by atoms with Crippen molar-refractivity contribution in [3.63, 3.8) is 0 Å². The molecule has 1 aliphatic rings. The molecule has 1 aromatic rings. The third-order valence-corrected chi connectivity index (χ3v) is 3.40. The Labute approximate surface area is 120 Å². The first-order chi connectivity index (χ1) is 9.66. The highest BCUT2D eigenvalue weighted by Gasteiger charge is 2.07. The van der Waals surface area contributed by atoms with Crippen molar-refractivity contribution >= 4 is 5.78 Å². The lowest BCUT2D eigenvalue weighted by Crippen LogP contribution is -1.99. The zero-order valence-corrected chi connectivity index (χ0v) is 11.8. The van der Waals surface area contributed by atoms with E-state index in [1.165, 1.54) is 0 Å². The van der Waals surface area contributed by atoms with E-state index in [9.17, 15) is 9.90 Å². The average Bonchev–Trinajstić information content (AvgIpc) is 2.97. The molecule has 20 heavy (non-hydrogen) atoms. The van der Waals surface area contributed by atoms with Gasteiger partial charge in [-0.05, 0) is 25.8 Å². The Morgan fingerprint density at radius 3 is 2.50 bits per heavy atom. The Hall–Kier alpha value is -2.09. The van der Waals surface area contributed by atoms with E-state index in [4.69, 9.17) is 0 Å². The smallest absolute Gasteiger partial charge is 0.162 e. The molecule has 0 aromatic heterocycles. The van der Waals surface area contributed by atoms with Gasteiger partial charge in [0.2, 0.25) is 0 Å². The molecule has 0 atom stereocenters. The molecule has 0 aliphatic heterocycles. The third kappa shape index (κ3) is 3.95. The molecule has 104 valence electrons. The van der Waals surface area contributed by atoms with Crippen LogP contribution in [0, 0.1) is 6.92 Å². The minimum Gasteiger partial charge on any atom is -0.512 e. The van der Waals surface area contributed by atoms with Crippen LogP contribution in [0.2, 0.25) is 0 Å². The number of unbranched alkanes of at least 4 members (excludes halogenated alkanes) is 1. The zero-order chi connectivity index (χ0) is 14.4. The number of carbonyl (C=O) groups excluding carboxylic acids is 1. The van der Waals surface area contributed by atoms with E-state index >= 15 is 0 Å². The van der Waals surface area contributed by atoms with Crippen molar-refractivity contribution in [1.82, 2.24) is 0 Å². The molecule has 0 saturated carbocycles. The molecule has 1 aromatic carbocycles. The Kier molecular flexibility index (Phi) is 4.94. The Bertz CT molecular complexity index is 563. The van der Waals surface area contributed by atoms with Crippen LogP contribution in [0.5, 0.6) is 0 Å². The summed E-state index contributed by atoms with van der Waals surface area (Å²) in [5.41, 5.74) is 2.78. The molecule has 0 bridgehead atoms. The van der Waals surface area contributed by atoms with Crippen LogP contribution >= 0.6 is 0 Å². The van der Waals surface area contributed by atoms with Crippen molar-refractivity contribution in [2.45, 2.75) is 32.6 Å². The largest absolute Gasteiger partial charge is 0.512 e. The van der Waals surface area contributed by atoms with Gasteiger partial charge < -0.3 is 5.11 Å². The molecule has 0 amide bonds. The molecule has 2 rings (SSSR count). The van der Waals surface area contributed by atoms with Crippen LogP contribution in [0.15, 0.2) is 59.9 Å². The number of aliphatic hydroxyl groups is 1. The zero-order valence-electron chi connectivity index (χ0n) is 11.8. The van der Waals surface area contributed by atoms with Crippen molar-refractivity contribution in [3.05, 3.63) is 71.0 Å². The first-order valence-corrected chi connectivity index (χ1v) is 7.03. The molecule has 0 heterocycles. The lowest BCUT2D eigenvalue weighted by molar-refractivity contribution is 0.0979. The summed E-state index contributed by atoms with van der Waals surface area (Å²) in [5.74, 6) is 0.597.